The van der Waals surface area contributed by atoms with Gasteiger partial charge in [0.2, 0.25) is 0 Å². The van der Waals surface area contributed by atoms with Crippen LogP contribution < -0.4 is 10.5 Å². The zero-order valence-corrected chi connectivity index (χ0v) is 12.0. The van der Waals surface area contributed by atoms with Crippen molar-refractivity contribution in [3.8, 4) is 5.75 Å². The number of hydrogen-bond donors (Lipinski definition) is 1. The topological polar surface area (TPSA) is 35.2 Å². The summed E-state index contributed by atoms with van der Waals surface area (Å²) < 4.78 is 19.3. The lowest BCUT2D eigenvalue weighted by Crippen LogP contribution is -2.10. The summed E-state index contributed by atoms with van der Waals surface area (Å²) in [5.74, 6) is 0.448. The monoisotopic (exact) mass is 279 g/mol. The summed E-state index contributed by atoms with van der Waals surface area (Å²) in [5.41, 5.74) is 7.15. The Kier molecular flexibility index (Phi) is 4.56. The van der Waals surface area contributed by atoms with Gasteiger partial charge in [0.1, 0.15) is 11.6 Å². The van der Waals surface area contributed by atoms with Gasteiger partial charge in [-0.25, -0.2) is 4.39 Å². The Bertz CT molecular complexity index is 537. The molecule has 0 radical (unpaired) electrons. The summed E-state index contributed by atoms with van der Waals surface area (Å²) in [4.78, 5) is 1.28. The molecule has 2 rings (SSSR count). The summed E-state index contributed by atoms with van der Waals surface area (Å²) in [5, 5.41) is 2.05. The highest BCUT2D eigenvalue weighted by Gasteiger charge is 2.12. The number of thiophene rings is 1. The smallest absolute Gasteiger partial charge is 0.126 e. The Morgan fingerprint density at radius 2 is 2.21 bits per heavy atom. The molecule has 2 aromatic rings. The predicted octanol–water partition coefficient (Wildman–Crippen LogP) is 3.84. The fraction of sp³-hybridized carbons (Fsp3) is 0.333. The van der Waals surface area contributed by atoms with Crippen molar-refractivity contribution in [2.24, 2.45) is 5.73 Å². The maximum atomic E-state index is 13.6. The van der Waals surface area contributed by atoms with Crippen LogP contribution in [-0.4, -0.2) is 6.61 Å². The number of nitrogens with two attached hydrogens (primary N) is 1. The second-order valence-corrected chi connectivity index (χ2v) is 5.64. The minimum absolute atomic E-state index is 0.238. The molecule has 1 aromatic carbocycles. The maximum absolute atomic E-state index is 13.6. The molecule has 0 spiro atoms. The molecular weight excluding hydrogens is 261 g/mol. The summed E-state index contributed by atoms with van der Waals surface area (Å²) in [6.07, 6.45) is 0.854. The van der Waals surface area contributed by atoms with Crippen LogP contribution in [0.2, 0.25) is 0 Å². The van der Waals surface area contributed by atoms with Crippen LogP contribution in [0.4, 0.5) is 4.39 Å². The van der Waals surface area contributed by atoms with E-state index in [1.807, 2.05) is 18.4 Å². The van der Waals surface area contributed by atoms with Crippen LogP contribution in [0.25, 0.3) is 0 Å². The summed E-state index contributed by atoms with van der Waals surface area (Å²) in [6, 6.07) is 7.06. The molecule has 0 bridgehead atoms. The number of rotatable bonds is 5. The van der Waals surface area contributed by atoms with Crippen LogP contribution in [0, 0.1) is 12.7 Å². The molecule has 1 aromatic heterocycles. The normalized spacial score (nSPS) is 12.4. The molecule has 0 aliphatic carbocycles. The molecule has 0 saturated heterocycles. The van der Waals surface area contributed by atoms with E-state index in [0.717, 1.165) is 6.42 Å². The average molecular weight is 279 g/mol. The lowest BCUT2D eigenvalue weighted by Gasteiger charge is -2.15. The van der Waals surface area contributed by atoms with E-state index in [1.165, 1.54) is 10.9 Å². The zero-order chi connectivity index (χ0) is 13.8. The molecule has 0 aliphatic rings. The van der Waals surface area contributed by atoms with Gasteiger partial charge in [0.05, 0.1) is 6.61 Å². The van der Waals surface area contributed by atoms with E-state index in [-0.39, 0.29) is 11.9 Å². The molecule has 1 atom stereocenters. The Morgan fingerprint density at radius 3 is 2.84 bits per heavy atom. The lowest BCUT2D eigenvalue weighted by molar-refractivity contribution is 0.317. The Morgan fingerprint density at radius 1 is 1.42 bits per heavy atom. The molecule has 4 heteroatoms. The van der Waals surface area contributed by atoms with Crippen LogP contribution in [0.1, 0.15) is 29.0 Å². The van der Waals surface area contributed by atoms with E-state index in [4.69, 9.17) is 10.5 Å². The fourth-order valence-electron chi connectivity index (χ4n) is 1.87. The third kappa shape index (κ3) is 3.55. The number of halogens is 1. The number of ether oxygens (including phenoxy) is 1. The van der Waals surface area contributed by atoms with Crippen molar-refractivity contribution >= 4 is 11.3 Å². The van der Waals surface area contributed by atoms with Gasteiger partial charge in [-0.1, -0.05) is 6.07 Å². The van der Waals surface area contributed by atoms with Gasteiger partial charge >= 0.3 is 0 Å². The SMILES string of the molecule is Cc1cc(OCCc2cccs2)c([C@@H](C)N)cc1F. The van der Waals surface area contributed by atoms with Crippen molar-refractivity contribution in [2.45, 2.75) is 26.3 Å². The third-order valence-corrected chi connectivity index (χ3v) is 3.90. The van der Waals surface area contributed by atoms with E-state index in [9.17, 15) is 4.39 Å². The summed E-state index contributed by atoms with van der Waals surface area (Å²) in [7, 11) is 0. The van der Waals surface area contributed by atoms with Gasteiger partial charge in [-0.15, -0.1) is 11.3 Å². The van der Waals surface area contributed by atoms with Gasteiger partial charge in [0.25, 0.3) is 0 Å². The van der Waals surface area contributed by atoms with Crippen LogP contribution >= 0.6 is 11.3 Å². The first-order valence-corrected chi connectivity index (χ1v) is 7.16. The van der Waals surface area contributed by atoms with E-state index >= 15 is 0 Å². The second-order valence-electron chi connectivity index (χ2n) is 4.61. The molecule has 2 nitrogen and oxygen atoms in total. The van der Waals surface area contributed by atoms with Gasteiger partial charge in [-0.2, -0.15) is 0 Å². The molecule has 1 heterocycles. The van der Waals surface area contributed by atoms with Gasteiger partial charge in [0.15, 0.2) is 0 Å². The Hall–Kier alpha value is -1.39. The maximum Gasteiger partial charge on any atom is 0.126 e. The fourth-order valence-corrected chi connectivity index (χ4v) is 2.56. The van der Waals surface area contributed by atoms with Crippen LogP contribution in [-0.2, 0) is 6.42 Å². The molecular formula is C15H18FNOS. The minimum atomic E-state index is -0.244. The number of hydrogen-bond acceptors (Lipinski definition) is 3. The molecule has 0 unspecified atom stereocenters. The molecule has 0 fully saturated rings. The largest absolute Gasteiger partial charge is 0.493 e. The lowest BCUT2D eigenvalue weighted by atomic mass is 10.1. The van der Waals surface area contributed by atoms with E-state index in [0.29, 0.717) is 23.5 Å². The minimum Gasteiger partial charge on any atom is -0.493 e. The van der Waals surface area contributed by atoms with Crippen molar-refractivity contribution in [3.05, 3.63) is 51.5 Å². The summed E-state index contributed by atoms with van der Waals surface area (Å²) in [6.45, 7) is 4.13. The van der Waals surface area contributed by atoms with Crippen LogP contribution in [0.5, 0.6) is 5.75 Å². The van der Waals surface area contributed by atoms with E-state index in [1.54, 1.807) is 24.3 Å². The molecule has 0 amide bonds. The standard InChI is InChI=1S/C15H18FNOS/c1-10-8-15(13(11(2)17)9-14(10)16)18-6-5-12-4-3-7-19-12/h3-4,7-9,11H,5-6,17H2,1-2H3/t11-/m1/s1. The first-order valence-electron chi connectivity index (χ1n) is 6.28. The number of aryl methyl sites for hydroxylation is 1. The van der Waals surface area contributed by atoms with E-state index in [2.05, 4.69) is 6.07 Å². The van der Waals surface area contributed by atoms with Crippen molar-refractivity contribution in [1.82, 2.24) is 0 Å². The average Bonchev–Trinajstić information content (AvgIpc) is 2.86. The zero-order valence-electron chi connectivity index (χ0n) is 11.2. The third-order valence-electron chi connectivity index (χ3n) is 2.97. The highest BCUT2D eigenvalue weighted by molar-refractivity contribution is 7.09. The van der Waals surface area contributed by atoms with Crippen molar-refractivity contribution in [3.63, 3.8) is 0 Å². The van der Waals surface area contributed by atoms with Gasteiger partial charge < -0.3 is 10.5 Å². The molecule has 19 heavy (non-hydrogen) atoms. The summed E-state index contributed by atoms with van der Waals surface area (Å²) >= 11 is 1.71. The van der Waals surface area contributed by atoms with Gasteiger partial charge in [-0.05, 0) is 43.0 Å². The predicted molar refractivity (Wildman–Crippen MR) is 77.3 cm³/mol. The molecule has 0 aliphatic heterocycles. The Labute approximate surface area is 117 Å². The number of benzene rings is 1. The molecule has 0 saturated carbocycles. The van der Waals surface area contributed by atoms with E-state index < -0.39 is 0 Å². The highest BCUT2D eigenvalue weighted by atomic mass is 32.1. The van der Waals surface area contributed by atoms with Crippen molar-refractivity contribution < 1.29 is 9.13 Å². The van der Waals surface area contributed by atoms with Crippen molar-refractivity contribution in [2.75, 3.05) is 6.61 Å². The Balaban J connectivity index is 2.08. The van der Waals surface area contributed by atoms with Crippen LogP contribution in [0.15, 0.2) is 29.6 Å². The highest BCUT2D eigenvalue weighted by Crippen LogP contribution is 2.27. The van der Waals surface area contributed by atoms with Crippen molar-refractivity contribution in [1.29, 1.82) is 0 Å². The van der Waals surface area contributed by atoms with Crippen LogP contribution in [0.3, 0.4) is 0 Å². The van der Waals surface area contributed by atoms with Gasteiger partial charge in [-0.3, -0.25) is 0 Å². The quantitative estimate of drug-likeness (QED) is 0.902. The molecule has 102 valence electrons. The molecule has 2 N–H and O–H groups in total. The first-order chi connectivity index (χ1) is 9.08. The van der Waals surface area contributed by atoms with Gasteiger partial charge in [0, 0.05) is 22.9 Å². The second kappa shape index (κ2) is 6.17. The first kappa shape index (κ1) is 14.0.